The molecule has 0 bridgehead atoms. The van der Waals surface area contributed by atoms with Crippen LogP contribution >= 0.6 is 0 Å². The molecule has 0 spiro atoms. The Kier molecular flexibility index (Phi) is 3.85. The highest BCUT2D eigenvalue weighted by Crippen LogP contribution is 2.31. The summed E-state index contributed by atoms with van der Waals surface area (Å²) in [6.07, 6.45) is 6.92. The van der Waals surface area contributed by atoms with E-state index < -0.39 is 0 Å². The molecule has 2 rings (SSSR count). The minimum Gasteiger partial charge on any atom is -0.353 e. The van der Waals surface area contributed by atoms with Crippen LogP contribution < -0.4 is 11.1 Å². The van der Waals surface area contributed by atoms with Gasteiger partial charge < -0.3 is 11.1 Å². The maximum Gasteiger partial charge on any atom is 0.223 e. The van der Waals surface area contributed by atoms with Gasteiger partial charge >= 0.3 is 0 Å². The quantitative estimate of drug-likeness (QED) is 0.766. The fourth-order valence-electron chi connectivity index (χ4n) is 3.16. The van der Waals surface area contributed by atoms with E-state index in [0.29, 0.717) is 18.5 Å². The Morgan fingerprint density at radius 3 is 2.62 bits per heavy atom. The van der Waals surface area contributed by atoms with Crippen molar-refractivity contribution in [2.24, 2.45) is 23.5 Å². The van der Waals surface area contributed by atoms with Crippen LogP contribution in [0.15, 0.2) is 0 Å². The molecule has 0 heterocycles. The zero-order valence-electron chi connectivity index (χ0n) is 10.2. The average molecular weight is 224 g/mol. The number of carbonyl (C=O) groups excluding carboxylic acids is 1. The lowest BCUT2D eigenvalue weighted by Crippen LogP contribution is -2.48. The second-order valence-corrected chi connectivity index (χ2v) is 5.67. The van der Waals surface area contributed by atoms with Crippen LogP contribution in [0.2, 0.25) is 0 Å². The number of amides is 1. The predicted molar refractivity (Wildman–Crippen MR) is 64.8 cm³/mol. The Labute approximate surface area is 98.2 Å². The van der Waals surface area contributed by atoms with Gasteiger partial charge in [0.05, 0.1) is 0 Å². The molecular formula is C13H24N2O. The minimum atomic E-state index is 0.189. The molecule has 2 saturated carbocycles. The summed E-state index contributed by atoms with van der Waals surface area (Å²) in [4.78, 5) is 12.1. The van der Waals surface area contributed by atoms with Crippen molar-refractivity contribution in [3.8, 4) is 0 Å². The Bertz CT molecular complexity index is 248. The van der Waals surface area contributed by atoms with E-state index in [0.717, 1.165) is 31.6 Å². The summed E-state index contributed by atoms with van der Waals surface area (Å²) in [5.41, 5.74) is 5.75. The van der Waals surface area contributed by atoms with Gasteiger partial charge in [0.1, 0.15) is 0 Å². The lowest BCUT2D eigenvalue weighted by molar-refractivity contribution is -0.129. The van der Waals surface area contributed by atoms with E-state index in [2.05, 4.69) is 12.2 Å². The van der Waals surface area contributed by atoms with Crippen LogP contribution in [0, 0.1) is 17.8 Å². The van der Waals surface area contributed by atoms with E-state index in [1.165, 1.54) is 12.8 Å². The molecule has 3 heteroatoms. The highest BCUT2D eigenvalue weighted by atomic mass is 16.2. The Balaban J connectivity index is 1.82. The Hall–Kier alpha value is -0.570. The summed E-state index contributed by atoms with van der Waals surface area (Å²) in [6, 6.07) is 0.447. The second-order valence-electron chi connectivity index (χ2n) is 5.67. The molecule has 2 atom stereocenters. The van der Waals surface area contributed by atoms with Crippen LogP contribution in [-0.4, -0.2) is 18.5 Å². The first kappa shape index (κ1) is 11.9. The Morgan fingerprint density at radius 2 is 2.00 bits per heavy atom. The molecular weight excluding hydrogens is 200 g/mol. The molecule has 16 heavy (non-hydrogen) atoms. The van der Waals surface area contributed by atoms with Crippen molar-refractivity contribution in [3.05, 3.63) is 0 Å². The van der Waals surface area contributed by atoms with Crippen molar-refractivity contribution >= 4 is 5.91 Å². The third-order valence-corrected chi connectivity index (χ3v) is 4.27. The second kappa shape index (κ2) is 5.17. The number of hydrogen-bond acceptors (Lipinski definition) is 2. The lowest BCUT2D eigenvalue weighted by Gasteiger charge is -2.36. The largest absolute Gasteiger partial charge is 0.353 e. The number of nitrogens with one attached hydrogen (secondary N) is 1. The summed E-state index contributed by atoms with van der Waals surface area (Å²) < 4.78 is 0. The van der Waals surface area contributed by atoms with Crippen LogP contribution in [0.5, 0.6) is 0 Å². The van der Waals surface area contributed by atoms with Crippen molar-refractivity contribution in [3.63, 3.8) is 0 Å². The first-order valence-corrected chi connectivity index (χ1v) is 6.71. The minimum absolute atomic E-state index is 0.189. The fraction of sp³-hybridized carbons (Fsp3) is 0.923. The molecule has 2 unspecified atom stereocenters. The number of carbonyl (C=O) groups is 1. The van der Waals surface area contributed by atoms with Gasteiger partial charge in [0.25, 0.3) is 0 Å². The van der Waals surface area contributed by atoms with Crippen LogP contribution in [0.4, 0.5) is 0 Å². The molecule has 0 aromatic heterocycles. The van der Waals surface area contributed by atoms with Gasteiger partial charge in [-0.15, -0.1) is 0 Å². The summed E-state index contributed by atoms with van der Waals surface area (Å²) in [5, 5.41) is 3.19. The highest BCUT2D eigenvalue weighted by molar-refractivity contribution is 5.79. The number of rotatable bonds is 3. The summed E-state index contributed by atoms with van der Waals surface area (Å²) in [6.45, 7) is 2.91. The third-order valence-electron chi connectivity index (χ3n) is 4.27. The average Bonchev–Trinajstić information content (AvgIpc) is 2.27. The molecule has 2 aliphatic rings. The molecule has 0 aliphatic heterocycles. The molecule has 3 nitrogen and oxygen atoms in total. The van der Waals surface area contributed by atoms with Gasteiger partial charge in [-0.2, -0.15) is 0 Å². The molecule has 0 aromatic rings. The summed E-state index contributed by atoms with van der Waals surface area (Å²) >= 11 is 0. The highest BCUT2D eigenvalue weighted by Gasteiger charge is 2.33. The van der Waals surface area contributed by atoms with Crippen LogP contribution in [-0.2, 0) is 4.79 Å². The molecule has 0 saturated heterocycles. The molecule has 2 aliphatic carbocycles. The van der Waals surface area contributed by atoms with E-state index in [9.17, 15) is 4.79 Å². The van der Waals surface area contributed by atoms with E-state index in [1.54, 1.807) is 0 Å². The Morgan fingerprint density at radius 1 is 1.31 bits per heavy atom. The molecule has 3 N–H and O–H groups in total. The normalized spacial score (nSPS) is 38.9. The van der Waals surface area contributed by atoms with Gasteiger partial charge in [0.15, 0.2) is 0 Å². The van der Waals surface area contributed by atoms with Crippen LogP contribution in [0.3, 0.4) is 0 Å². The molecule has 92 valence electrons. The first-order valence-electron chi connectivity index (χ1n) is 6.71. The summed E-state index contributed by atoms with van der Waals surface area (Å²) in [5.74, 6) is 1.68. The van der Waals surface area contributed by atoms with Gasteiger partial charge in [-0.25, -0.2) is 0 Å². The molecule has 0 aromatic carbocycles. The maximum absolute atomic E-state index is 12.1. The van der Waals surface area contributed by atoms with Gasteiger partial charge in [0, 0.05) is 12.0 Å². The van der Waals surface area contributed by atoms with Gasteiger partial charge in [0.2, 0.25) is 5.91 Å². The van der Waals surface area contributed by atoms with Gasteiger partial charge in [-0.3, -0.25) is 4.79 Å². The smallest absolute Gasteiger partial charge is 0.223 e. The first-order chi connectivity index (χ1) is 7.70. The van der Waals surface area contributed by atoms with E-state index in [1.807, 2.05) is 0 Å². The topological polar surface area (TPSA) is 55.1 Å². The van der Waals surface area contributed by atoms with Gasteiger partial charge in [-0.05, 0) is 44.1 Å². The molecule has 0 radical (unpaired) electrons. The predicted octanol–water partition coefficient (Wildman–Crippen LogP) is 1.67. The number of hydrogen-bond donors (Lipinski definition) is 2. The van der Waals surface area contributed by atoms with E-state index >= 15 is 0 Å². The van der Waals surface area contributed by atoms with Crippen molar-refractivity contribution < 1.29 is 4.79 Å². The lowest BCUT2D eigenvalue weighted by atomic mass is 9.77. The number of nitrogens with two attached hydrogens (primary N) is 1. The molecule has 1 amide bonds. The fourth-order valence-corrected chi connectivity index (χ4v) is 3.16. The zero-order chi connectivity index (χ0) is 11.5. The molecule has 2 fully saturated rings. The standard InChI is InChI=1S/C13H24N2O/c1-9-6-11(7-9)15-13(16)12-5-3-2-4-10(12)8-14/h9-12H,2-8,14H2,1H3,(H,15,16). The van der Waals surface area contributed by atoms with Crippen molar-refractivity contribution in [2.45, 2.75) is 51.5 Å². The van der Waals surface area contributed by atoms with Crippen LogP contribution in [0.1, 0.15) is 45.4 Å². The SMILES string of the molecule is CC1CC(NC(=O)C2CCCCC2CN)C1. The zero-order valence-corrected chi connectivity index (χ0v) is 10.2. The van der Waals surface area contributed by atoms with Crippen molar-refractivity contribution in [1.82, 2.24) is 5.32 Å². The van der Waals surface area contributed by atoms with Crippen LogP contribution in [0.25, 0.3) is 0 Å². The maximum atomic E-state index is 12.1. The monoisotopic (exact) mass is 224 g/mol. The van der Waals surface area contributed by atoms with E-state index in [4.69, 9.17) is 5.73 Å². The third kappa shape index (κ3) is 2.57. The van der Waals surface area contributed by atoms with Crippen molar-refractivity contribution in [2.75, 3.05) is 6.54 Å². The summed E-state index contributed by atoms with van der Waals surface area (Å²) in [7, 11) is 0. The van der Waals surface area contributed by atoms with Crippen molar-refractivity contribution in [1.29, 1.82) is 0 Å². The van der Waals surface area contributed by atoms with E-state index in [-0.39, 0.29) is 11.8 Å². The van der Waals surface area contributed by atoms with Gasteiger partial charge in [-0.1, -0.05) is 19.8 Å².